The molecule has 2 nitrogen and oxygen atoms in total. The largest absolute Gasteiger partial charge is 0.404 e. The molecular weight excluding hydrogens is 159 g/mol. The quantitative estimate of drug-likeness (QED) is 0.580. The number of piperidine rings is 1. The van der Waals surface area contributed by atoms with E-state index in [9.17, 15) is 18.0 Å². The number of hydrogen-bond donors (Lipinski definition) is 1. The van der Waals surface area contributed by atoms with E-state index in [1.165, 1.54) is 0 Å². The third-order valence-corrected chi connectivity index (χ3v) is 1.62. The van der Waals surface area contributed by atoms with Gasteiger partial charge in [0, 0.05) is 19.4 Å². The summed E-state index contributed by atoms with van der Waals surface area (Å²) in [6.07, 6.45) is -4.48. The maximum atomic E-state index is 11.9. The Morgan fingerprint density at radius 3 is 2.45 bits per heavy atom. The van der Waals surface area contributed by atoms with Gasteiger partial charge in [-0.2, -0.15) is 13.2 Å². The van der Waals surface area contributed by atoms with Crippen molar-refractivity contribution in [2.45, 2.75) is 25.1 Å². The molecule has 0 aromatic carbocycles. The van der Waals surface area contributed by atoms with Crippen molar-refractivity contribution >= 4 is 5.78 Å². The molecule has 1 saturated heterocycles. The van der Waals surface area contributed by atoms with Crippen LogP contribution in [-0.4, -0.2) is 24.5 Å². The van der Waals surface area contributed by atoms with Crippen molar-refractivity contribution in [3.05, 3.63) is 0 Å². The third kappa shape index (κ3) is 2.18. The summed E-state index contributed by atoms with van der Waals surface area (Å²) in [6.45, 7) is 0.142. The maximum Gasteiger partial charge on any atom is 0.404 e. The number of ketones is 1. The molecule has 1 N–H and O–H groups in total. The molecule has 0 spiro atoms. The molecule has 0 bridgehead atoms. The summed E-state index contributed by atoms with van der Waals surface area (Å²) in [5.74, 6) is -0.314. The highest BCUT2D eigenvalue weighted by Crippen LogP contribution is 2.24. The van der Waals surface area contributed by atoms with E-state index in [1.54, 1.807) is 0 Å². The maximum absolute atomic E-state index is 11.9. The number of halogens is 3. The van der Waals surface area contributed by atoms with Gasteiger partial charge in [0.1, 0.15) is 11.8 Å². The molecule has 1 fully saturated rings. The number of alkyl halides is 3. The Morgan fingerprint density at radius 2 is 2.09 bits per heavy atom. The molecule has 0 aromatic rings. The van der Waals surface area contributed by atoms with E-state index in [0.717, 1.165) is 0 Å². The minimum Gasteiger partial charge on any atom is -0.305 e. The molecule has 0 radical (unpaired) electrons. The number of nitrogens with one attached hydrogen (secondary N) is 1. The lowest BCUT2D eigenvalue weighted by Gasteiger charge is -2.24. The van der Waals surface area contributed by atoms with Crippen molar-refractivity contribution in [2.75, 3.05) is 6.54 Å². The average molecular weight is 167 g/mol. The van der Waals surface area contributed by atoms with Crippen LogP contribution >= 0.6 is 0 Å². The van der Waals surface area contributed by atoms with E-state index in [0.29, 0.717) is 0 Å². The second-order valence-electron chi connectivity index (χ2n) is 2.54. The molecule has 64 valence electrons. The molecule has 0 unspecified atom stereocenters. The Labute approximate surface area is 61.8 Å². The van der Waals surface area contributed by atoms with Crippen LogP contribution in [0.3, 0.4) is 0 Å². The Bertz CT molecular complexity index is 166. The molecule has 0 aromatic heterocycles. The van der Waals surface area contributed by atoms with Crippen LogP contribution in [0.5, 0.6) is 0 Å². The molecule has 1 heterocycles. The zero-order valence-corrected chi connectivity index (χ0v) is 5.74. The molecule has 0 saturated carbocycles. The van der Waals surface area contributed by atoms with E-state index in [2.05, 4.69) is 5.32 Å². The minimum absolute atomic E-state index is 0.142. The topological polar surface area (TPSA) is 29.1 Å². The van der Waals surface area contributed by atoms with Gasteiger partial charge in [-0.05, 0) is 0 Å². The predicted octanol–water partition coefficient (Wildman–Crippen LogP) is 0.870. The summed E-state index contributed by atoms with van der Waals surface area (Å²) in [6, 6.07) is -1.62. The Morgan fingerprint density at radius 1 is 1.45 bits per heavy atom. The lowest BCUT2D eigenvalue weighted by atomic mass is 10.0. The summed E-state index contributed by atoms with van der Waals surface area (Å²) in [5.41, 5.74) is 0. The second-order valence-corrected chi connectivity index (χ2v) is 2.54. The third-order valence-electron chi connectivity index (χ3n) is 1.62. The summed E-state index contributed by atoms with van der Waals surface area (Å²) in [7, 11) is 0. The van der Waals surface area contributed by atoms with Gasteiger partial charge < -0.3 is 5.32 Å². The number of rotatable bonds is 0. The molecule has 0 amide bonds. The van der Waals surface area contributed by atoms with Gasteiger partial charge in [-0.1, -0.05) is 0 Å². The highest BCUT2D eigenvalue weighted by molar-refractivity contribution is 5.80. The van der Waals surface area contributed by atoms with Gasteiger partial charge >= 0.3 is 6.18 Å². The van der Waals surface area contributed by atoms with Gasteiger partial charge in [-0.15, -0.1) is 0 Å². The van der Waals surface area contributed by atoms with Crippen molar-refractivity contribution in [1.29, 1.82) is 0 Å². The smallest absolute Gasteiger partial charge is 0.305 e. The fourth-order valence-corrected chi connectivity index (χ4v) is 1.02. The lowest BCUT2D eigenvalue weighted by Crippen LogP contribution is -2.47. The highest BCUT2D eigenvalue weighted by Gasteiger charge is 2.41. The monoisotopic (exact) mass is 167 g/mol. The predicted molar refractivity (Wildman–Crippen MR) is 32.1 cm³/mol. The van der Waals surface area contributed by atoms with Gasteiger partial charge in [-0.3, -0.25) is 4.79 Å². The molecule has 5 heteroatoms. The van der Waals surface area contributed by atoms with Crippen molar-refractivity contribution in [1.82, 2.24) is 5.32 Å². The van der Waals surface area contributed by atoms with Crippen LogP contribution in [0.4, 0.5) is 13.2 Å². The fourth-order valence-electron chi connectivity index (χ4n) is 1.02. The van der Waals surface area contributed by atoms with Crippen LogP contribution in [0, 0.1) is 0 Å². The normalized spacial score (nSPS) is 27.2. The first kappa shape index (κ1) is 8.52. The molecule has 1 atom stereocenters. The minimum atomic E-state index is -4.28. The van der Waals surface area contributed by atoms with E-state index < -0.39 is 18.6 Å². The SMILES string of the molecule is O=C1CCN[C@H](C(F)(F)F)C1. The van der Waals surface area contributed by atoms with E-state index in [4.69, 9.17) is 0 Å². The molecule has 1 aliphatic rings. The Balaban J connectivity index is 2.53. The van der Waals surface area contributed by atoms with Crippen LogP contribution in [0.25, 0.3) is 0 Å². The number of Topliss-reactive ketones (excluding diaryl/α,β-unsaturated/α-hetero) is 1. The van der Waals surface area contributed by atoms with E-state index in [-0.39, 0.29) is 18.7 Å². The zero-order valence-electron chi connectivity index (χ0n) is 5.74. The van der Waals surface area contributed by atoms with Crippen LogP contribution in [0.1, 0.15) is 12.8 Å². The van der Waals surface area contributed by atoms with E-state index >= 15 is 0 Å². The molecular formula is C6H8F3NO. The molecule has 1 rings (SSSR count). The molecule has 11 heavy (non-hydrogen) atoms. The van der Waals surface area contributed by atoms with E-state index in [1.807, 2.05) is 0 Å². The van der Waals surface area contributed by atoms with Gasteiger partial charge in [-0.25, -0.2) is 0 Å². The van der Waals surface area contributed by atoms with Crippen LogP contribution in [-0.2, 0) is 4.79 Å². The molecule has 1 aliphatic heterocycles. The number of hydrogen-bond acceptors (Lipinski definition) is 2. The molecule has 0 aliphatic carbocycles. The second kappa shape index (κ2) is 2.81. The van der Waals surface area contributed by atoms with Crippen molar-refractivity contribution in [2.24, 2.45) is 0 Å². The Hall–Kier alpha value is -0.580. The van der Waals surface area contributed by atoms with Gasteiger partial charge in [0.2, 0.25) is 0 Å². The summed E-state index contributed by atoms with van der Waals surface area (Å²) < 4.78 is 35.7. The standard InChI is InChI=1S/C6H8F3NO/c7-6(8,9)5-3-4(11)1-2-10-5/h5,10H,1-3H2/t5-/m0/s1. The summed E-state index contributed by atoms with van der Waals surface area (Å²) in [4.78, 5) is 10.6. The average Bonchev–Trinajstić information content (AvgIpc) is 1.86. The highest BCUT2D eigenvalue weighted by atomic mass is 19.4. The van der Waals surface area contributed by atoms with Crippen molar-refractivity contribution in [3.8, 4) is 0 Å². The first-order valence-electron chi connectivity index (χ1n) is 3.32. The van der Waals surface area contributed by atoms with Crippen LogP contribution in [0.2, 0.25) is 0 Å². The van der Waals surface area contributed by atoms with Crippen molar-refractivity contribution < 1.29 is 18.0 Å². The number of carbonyl (C=O) groups is 1. The zero-order chi connectivity index (χ0) is 8.48. The fraction of sp³-hybridized carbons (Fsp3) is 0.833. The number of carbonyl (C=O) groups excluding carboxylic acids is 1. The first-order valence-corrected chi connectivity index (χ1v) is 3.32. The lowest BCUT2D eigenvalue weighted by molar-refractivity contribution is -0.164. The first-order chi connectivity index (χ1) is 5.00. The van der Waals surface area contributed by atoms with Gasteiger partial charge in [0.15, 0.2) is 0 Å². The summed E-state index contributed by atoms with van der Waals surface area (Å²) >= 11 is 0. The Kier molecular flexibility index (Phi) is 2.17. The van der Waals surface area contributed by atoms with Crippen LogP contribution < -0.4 is 5.32 Å². The summed E-state index contributed by atoms with van der Waals surface area (Å²) in [5, 5.41) is 2.24. The van der Waals surface area contributed by atoms with Crippen molar-refractivity contribution in [3.63, 3.8) is 0 Å². The van der Waals surface area contributed by atoms with Crippen LogP contribution in [0.15, 0.2) is 0 Å². The van der Waals surface area contributed by atoms with Gasteiger partial charge in [0.25, 0.3) is 0 Å². The van der Waals surface area contributed by atoms with Gasteiger partial charge in [0.05, 0.1) is 0 Å².